The van der Waals surface area contributed by atoms with Gasteiger partial charge < -0.3 is 0 Å². The average Bonchev–Trinajstić information content (AvgIpc) is 1.86. The minimum Gasteiger partial charge on any atom is -0.174 e. The van der Waals surface area contributed by atoms with Gasteiger partial charge in [-0.3, -0.25) is 0 Å². The summed E-state index contributed by atoms with van der Waals surface area (Å²) in [7, 11) is 1.45. The van der Waals surface area contributed by atoms with Gasteiger partial charge in [-0.2, -0.15) is 9.06 Å². The molecule has 0 aliphatic carbocycles. The maximum Gasteiger partial charge on any atom is -0.00912 e. The van der Waals surface area contributed by atoms with E-state index in [1.54, 1.807) is 0 Å². The molecule has 0 radical (unpaired) electrons. The predicted molar refractivity (Wildman–Crippen MR) is 52.4 cm³/mol. The molecule has 9 heavy (non-hydrogen) atoms. The zero-order chi connectivity index (χ0) is 7.49. The van der Waals surface area contributed by atoms with Crippen LogP contribution in [0.5, 0.6) is 0 Å². The first-order valence-electron chi connectivity index (χ1n) is 3.04. The first-order chi connectivity index (χ1) is 4.06. The fraction of sp³-hybridized carbons (Fsp3) is 0.714. The van der Waals surface area contributed by atoms with Gasteiger partial charge in [0, 0.05) is 0 Å². The van der Waals surface area contributed by atoms with E-state index in [-0.39, 0.29) is 0 Å². The van der Waals surface area contributed by atoms with Gasteiger partial charge in [-0.15, -0.1) is 10.8 Å². The topological polar surface area (TPSA) is 0 Å². The van der Waals surface area contributed by atoms with Crippen LogP contribution >= 0.6 is 19.9 Å². The molecule has 0 aromatic carbocycles. The molecule has 0 fully saturated rings. The Morgan fingerprint density at radius 3 is 2.11 bits per heavy atom. The van der Waals surface area contributed by atoms with Crippen molar-refractivity contribution in [3.8, 4) is 0 Å². The molecular formula is C7H16S2. The van der Waals surface area contributed by atoms with Crippen LogP contribution in [-0.4, -0.2) is 18.3 Å². The largest absolute Gasteiger partial charge is 0.174 e. The lowest BCUT2D eigenvalue weighted by Gasteiger charge is -2.32. The molecule has 0 bridgehead atoms. The lowest BCUT2D eigenvalue weighted by molar-refractivity contribution is 1.50. The standard InChI is InChI=1S/C7H16S2/c1-6-9(5,8-4)7(2)3/h2,6H2,1,3-5H3. The van der Waals surface area contributed by atoms with E-state index in [1.807, 2.05) is 10.8 Å². The van der Waals surface area contributed by atoms with E-state index in [2.05, 4.69) is 32.9 Å². The summed E-state index contributed by atoms with van der Waals surface area (Å²) >= 11 is 0. The Morgan fingerprint density at radius 1 is 1.67 bits per heavy atom. The van der Waals surface area contributed by atoms with Crippen molar-refractivity contribution in [1.29, 1.82) is 0 Å². The average molecular weight is 164 g/mol. The quantitative estimate of drug-likeness (QED) is 0.577. The summed E-state index contributed by atoms with van der Waals surface area (Å²) in [6, 6.07) is 0. The number of rotatable bonds is 3. The van der Waals surface area contributed by atoms with Crippen LogP contribution in [0, 0.1) is 0 Å². The highest BCUT2D eigenvalue weighted by molar-refractivity contribution is 8.95. The molecule has 2 heteroatoms. The normalized spacial score (nSPS) is 20.4. The van der Waals surface area contributed by atoms with Crippen molar-refractivity contribution in [2.24, 2.45) is 0 Å². The van der Waals surface area contributed by atoms with Gasteiger partial charge in [0.25, 0.3) is 0 Å². The third kappa shape index (κ3) is 2.26. The van der Waals surface area contributed by atoms with E-state index in [4.69, 9.17) is 0 Å². The minimum atomic E-state index is -0.509. The Kier molecular flexibility index (Phi) is 3.74. The molecule has 1 unspecified atom stereocenters. The summed E-state index contributed by atoms with van der Waals surface area (Å²) in [5.74, 6) is 1.25. The molecule has 0 aromatic rings. The van der Waals surface area contributed by atoms with Gasteiger partial charge in [-0.1, -0.05) is 13.5 Å². The number of hydrogen-bond donors (Lipinski definition) is 0. The van der Waals surface area contributed by atoms with Gasteiger partial charge in [0.05, 0.1) is 0 Å². The minimum absolute atomic E-state index is 0.509. The lowest BCUT2D eigenvalue weighted by atomic mass is 10.8. The molecule has 0 saturated heterocycles. The second kappa shape index (κ2) is 3.57. The van der Waals surface area contributed by atoms with E-state index in [0.29, 0.717) is 0 Å². The van der Waals surface area contributed by atoms with Crippen LogP contribution in [0.3, 0.4) is 0 Å². The van der Waals surface area contributed by atoms with Crippen molar-refractivity contribution in [3.63, 3.8) is 0 Å². The molecule has 0 nitrogen and oxygen atoms in total. The smallest absolute Gasteiger partial charge is 0.00912 e. The molecule has 0 saturated carbocycles. The first kappa shape index (κ1) is 9.44. The van der Waals surface area contributed by atoms with Crippen molar-refractivity contribution in [1.82, 2.24) is 0 Å². The summed E-state index contributed by atoms with van der Waals surface area (Å²) in [5.41, 5.74) is 0. The Morgan fingerprint density at radius 2 is 2.11 bits per heavy atom. The van der Waals surface area contributed by atoms with Gasteiger partial charge >= 0.3 is 0 Å². The molecule has 56 valence electrons. The van der Waals surface area contributed by atoms with Crippen molar-refractivity contribution in [2.45, 2.75) is 13.8 Å². The van der Waals surface area contributed by atoms with E-state index in [0.717, 1.165) is 0 Å². The van der Waals surface area contributed by atoms with Gasteiger partial charge in [0.1, 0.15) is 0 Å². The van der Waals surface area contributed by atoms with Crippen molar-refractivity contribution in [2.75, 3.05) is 18.3 Å². The SMILES string of the molecule is C=C(C)S(C)(CC)SC. The molecule has 0 aromatic heterocycles. The highest BCUT2D eigenvalue weighted by atomic mass is 33.2. The van der Waals surface area contributed by atoms with Gasteiger partial charge in [-0.25, -0.2) is 0 Å². The van der Waals surface area contributed by atoms with Crippen molar-refractivity contribution in [3.05, 3.63) is 11.5 Å². The van der Waals surface area contributed by atoms with E-state index in [9.17, 15) is 0 Å². The van der Waals surface area contributed by atoms with Gasteiger partial charge in [0.15, 0.2) is 0 Å². The summed E-state index contributed by atoms with van der Waals surface area (Å²) in [5, 5.41) is 0. The first-order valence-corrected chi connectivity index (χ1v) is 6.99. The van der Waals surface area contributed by atoms with Crippen LogP contribution in [0.4, 0.5) is 0 Å². The molecule has 0 spiro atoms. The van der Waals surface area contributed by atoms with Crippen LogP contribution < -0.4 is 0 Å². The van der Waals surface area contributed by atoms with Crippen LogP contribution in [-0.2, 0) is 0 Å². The van der Waals surface area contributed by atoms with E-state index < -0.39 is 9.06 Å². The van der Waals surface area contributed by atoms with E-state index in [1.165, 1.54) is 10.7 Å². The molecule has 0 aliphatic heterocycles. The monoisotopic (exact) mass is 164 g/mol. The molecule has 0 N–H and O–H groups in total. The zero-order valence-electron chi connectivity index (χ0n) is 6.73. The Balaban J connectivity index is 4.09. The Bertz CT molecular complexity index is 103. The highest BCUT2D eigenvalue weighted by Crippen LogP contribution is 2.60. The summed E-state index contributed by atoms with van der Waals surface area (Å²) in [6.45, 7) is 8.36. The lowest BCUT2D eigenvalue weighted by Crippen LogP contribution is -1.94. The zero-order valence-corrected chi connectivity index (χ0v) is 8.36. The molecule has 0 amide bonds. The van der Waals surface area contributed by atoms with Crippen molar-refractivity contribution >= 4 is 19.9 Å². The van der Waals surface area contributed by atoms with Gasteiger partial charge in [-0.05, 0) is 30.1 Å². The summed E-state index contributed by atoms with van der Waals surface area (Å²) in [4.78, 5) is 1.36. The van der Waals surface area contributed by atoms with Crippen LogP contribution in [0.15, 0.2) is 11.5 Å². The fourth-order valence-corrected chi connectivity index (χ4v) is 3.08. The second-order valence-electron chi connectivity index (χ2n) is 2.16. The van der Waals surface area contributed by atoms with Crippen molar-refractivity contribution < 1.29 is 0 Å². The Hall–Kier alpha value is 0.440. The molecule has 0 aliphatic rings. The van der Waals surface area contributed by atoms with Crippen LogP contribution in [0.1, 0.15) is 13.8 Å². The molecular weight excluding hydrogens is 148 g/mol. The fourth-order valence-electron chi connectivity index (χ4n) is 0.507. The number of hydrogen-bond acceptors (Lipinski definition) is 1. The maximum atomic E-state index is 3.99. The number of allylic oxidation sites excluding steroid dienone is 1. The van der Waals surface area contributed by atoms with Crippen LogP contribution in [0.25, 0.3) is 0 Å². The van der Waals surface area contributed by atoms with Gasteiger partial charge in [0.2, 0.25) is 0 Å². The third-order valence-electron chi connectivity index (χ3n) is 1.66. The van der Waals surface area contributed by atoms with Crippen LogP contribution in [0.2, 0.25) is 0 Å². The second-order valence-corrected chi connectivity index (χ2v) is 8.99. The maximum absolute atomic E-state index is 3.99. The highest BCUT2D eigenvalue weighted by Gasteiger charge is 2.13. The molecule has 0 rings (SSSR count). The molecule has 1 atom stereocenters. The molecule has 0 heterocycles. The summed E-state index contributed by atoms with van der Waals surface area (Å²) < 4.78 is 0. The Labute approximate surface area is 63.8 Å². The predicted octanol–water partition coefficient (Wildman–Crippen LogP) is 3.25. The van der Waals surface area contributed by atoms with E-state index >= 15 is 0 Å². The summed E-state index contributed by atoms with van der Waals surface area (Å²) in [6.07, 6.45) is 4.49. The third-order valence-corrected chi connectivity index (χ3v) is 8.74.